The highest BCUT2D eigenvalue weighted by Crippen LogP contribution is 1.74. The summed E-state index contributed by atoms with van der Waals surface area (Å²) in [6.45, 7) is 1.37. The Morgan fingerprint density at radius 2 is 1.64 bits per heavy atom. The van der Waals surface area contributed by atoms with Crippen LogP contribution in [0.2, 0.25) is 0 Å². The summed E-state index contributed by atoms with van der Waals surface area (Å²) in [7, 11) is -3.66. The fourth-order valence-electron chi connectivity index (χ4n) is 0. The van der Waals surface area contributed by atoms with Crippen LogP contribution in [0.4, 0.5) is 0 Å². The van der Waals surface area contributed by atoms with E-state index in [1.807, 2.05) is 0 Å². The molecular formula is C2H9O7S2-. The van der Waals surface area contributed by atoms with E-state index >= 15 is 0 Å². The summed E-state index contributed by atoms with van der Waals surface area (Å²) >= 11 is -2.86. The molecule has 0 aliphatic heterocycles. The highest BCUT2D eigenvalue weighted by atomic mass is 32.2. The van der Waals surface area contributed by atoms with Gasteiger partial charge >= 0.3 is 0 Å². The zero-order valence-corrected chi connectivity index (χ0v) is 7.18. The van der Waals surface area contributed by atoms with E-state index in [1.165, 1.54) is 6.92 Å². The van der Waals surface area contributed by atoms with Gasteiger partial charge in [0.05, 0.1) is 17.1 Å². The van der Waals surface area contributed by atoms with Crippen LogP contribution < -0.4 is 0 Å². The maximum Gasteiger partial charge on any atom is 0.264 e. The minimum Gasteiger partial charge on any atom is -0.750 e. The van der Waals surface area contributed by atoms with E-state index in [-0.39, 0.29) is 11.2 Å². The minimum atomic E-state index is -3.66. The van der Waals surface area contributed by atoms with Gasteiger partial charge in [0.2, 0.25) is 0 Å². The Morgan fingerprint density at radius 1 is 1.55 bits per heavy atom. The van der Waals surface area contributed by atoms with Crippen LogP contribution in [0.1, 0.15) is 6.92 Å². The monoisotopic (exact) mass is 209 g/mol. The third kappa shape index (κ3) is 72.5. The molecule has 1 unspecified atom stereocenters. The van der Waals surface area contributed by atoms with Crippen molar-refractivity contribution in [3.8, 4) is 0 Å². The highest BCUT2D eigenvalue weighted by molar-refractivity contribution is 7.85. The summed E-state index contributed by atoms with van der Waals surface area (Å²) in [5.41, 5.74) is 0. The fourth-order valence-corrected chi connectivity index (χ4v) is 0. The number of hydrogen-bond acceptors (Lipinski definition) is 4. The molecule has 0 bridgehead atoms. The Morgan fingerprint density at radius 3 is 1.64 bits per heavy atom. The van der Waals surface area contributed by atoms with Gasteiger partial charge in [0, 0.05) is 0 Å². The lowest BCUT2D eigenvalue weighted by atomic mass is 11.0. The Bertz CT molecular complexity index is 177. The van der Waals surface area contributed by atoms with E-state index in [9.17, 15) is 8.42 Å². The molecule has 4 N–H and O–H groups in total. The summed E-state index contributed by atoms with van der Waals surface area (Å²) in [6.07, 6.45) is 0. The van der Waals surface area contributed by atoms with Gasteiger partial charge in [0.1, 0.15) is 0 Å². The van der Waals surface area contributed by atoms with E-state index in [0.717, 1.165) is 0 Å². The first-order valence-corrected chi connectivity index (χ1v) is 4.67. The minimum absolute atomic E-state index is 0. The molecule has 11 heavy (non-hydrogen) atoms. The maximum atomic E-state index is 9.56. The van der Waals surface area contributed by atoms with Crippen LogP contribution in [0.15, 0.2) is 0 Å². The van der Waals surface area contributed by atoms with Gasteiger partial charge in [-0.05, 0) is 6.92 Å². The van der Waals surface area contributed by atoms with Crippen LogP contribution in [0.25, 0.3) is 0 Å². The Hall–Kier alpha value is -0.0600. The van der Waals surface area contributed by atoms with Gasteiger partial charge in [0.15, 0.2) is 0 Å². The molecule has 0 saturated heterocycles. The van der Waals surface area contributed by atoms with Crippen molar-refractivity contribution in [3.63, 3.8) is 0 Å². The van der Waals surface area contributed by atoms with Crippen LogP contribution in [0.3, 0.4) is 0 Å². The number of rotatable bonds is 1. The van der Waals surface area contributed by atoms with Crippen LogP contribution in [0, 0.1) is 0 Å². The molecule has 1 atom stereocenters. The maximum absolute atomic E-state index is 9.56. The van der Waals surface area contributed by atoms with Crippen LogP contribution in [-0.4, -0.2) is 37.5 Å². The van der Waals surface area contributed by atoms with Crippen molar-refractivity contribution in [1.29, 1.82) is 0 Å². The Balaban J connectivity index is -0.000000114. The second-order valence-electron chi connectivity index (χ2n) is 1.09. The summed E-state index contributed by atoms with van der Waals surface area (Å²) in [5, 5.41) is 0. The molecule has 0 heterocycles. The molecule has 0 radical (unpaired) electrons. The quantitative estimate of drug-likeness (QED) is 0.393. The lowest BCUT2D eigenvalue weighted by molar-refractivity contribution is 0.436. The van der Waals surface area contributed by atoms with Gasteiger partial charge < -0.3 is 14.6 Å². The average Bonchev–Trinajstić information content (AvgIpc) is 1.63. The Kier molecular flexibility index (Phi) is 12.5. The average molecular weight is 209 g/mol. The molecule has 0 spiro atoms. The standard InChI is InChI=1S/C2H6O3S.H2O3S.H2O/c1-2-6(3,4)5;1-4(2)3;/h2H2,1H3,(H,3,4,5);(H2,1,2,3);1H2/p-1. The third-order valence-electron chi connectivity index (χ3n) is 0.365. The van der Waals surface area contributed by atoms with Crippen molar-refractivity contribution in [2.45, 2.75) is 6.92 Å². The van der Waals surface area contributed by atoms with E-state index in [0.29, 0.717) is 0 Å². The number of hydrogen-bond donors (Lipinski definition) is 2. The molecular weight excluding hydrogens is 200 g/mol. The second kappa shape index (κ2) is 8.04. The van der Waals surface area contributed by atoms with Gasteiger partial charge in [-0.1, -0.05) is 0 Å². The fraction of sp³-hybridized carbons (Fsp3) is 1.00. The van der Waals surface area contributed by atoms with Crippen molar-refractivity contribution >= 4 is 21.5 Å². The van der Waals surface area contributed by atoms with Crippen molar-refractivity contribution in [3.05, 3.63) is 0 Å². The molecule has 0 fully saturated rings. The van der Waals surface area contributed by atoms with E-state index in [4.69, 9.17) is 17.9 Å². The zero-order valence-electron chi connectivity index (χ0n) is 5.55. The molecule has 0 amide bonds. The molecule has 7 nitrogen and oxygen atoms in total. The first kappa shape index (κ1) is 17.1. The predicted molar refractivity (Wildman–Crippen MR) is 37.3 cm³/mol. The van der Waals surface area contributed by atoms with Gasteiger partial charge in [-0.25, -0.2) is 4.21 Å². The van der Waals surface area contributed by atoms with E-state index in [1.54, 1.807) is 0 Å². The van der Waals surface area contributed by atoms with Crippen LogP contribution in [0.5, 0.6) is 0 Å². The molecule has 0 aromatic heterocycles. The first-order chi connectivity index (χ1) is 4.29. The third-order valence-corrected chi connectivity index (χ3v) is 1.09. The molecule has 0 aromatic carbocycles. The largest absolute Gasteiger partial charge is 0.750 e. The Labute approximate surface area is 66.6 Å². The first-order valence-electron chi connectivity index (χ1n) is 2.03. The molecule has 0 aliphatic carbocycles. The summed E-state index contributed by atoms with van der Waals surface area (Å²) in [5.74, 6) is -0.201. The van der Waals surface area contributed by atoms with E-state index in [2.05, 4.69) is 0 Å². The highest BCUT2D eigenvalue weighted by Gasteiger charge is 1.93. The van der Waals surface area contributed by atoms with Gasteiger partial charge in [-0.3, -0.25) is 4.55 Å². The molecule has 0 saturated carbocycles. The lowest BCUT2D eigenvalue weighted by Gasteiger charge is -1.83. The molecule has 0 aliphatic rings. The van der Waals surface area contributed by atoms with E-state index < -0.39 is 21.5 Å². The van der Waals surface area contributed by atoms with Crippen LogP contribution >= 0.6 is 0 Å². The smallest absolute Gasteiger partial charge is 0.264 e. The molecule has 9 heteroatoms. The van der Waals surface area contributed by atoms with Crippen molar-refractivity contribution in [2.24, 2.45) is 0 Å². The van der Waals surface area contributed by atoms with Crippen molar-refractivity contribution < 1.29 is 31.8 Å². The zero-order chi connectivity index (χ0) is 8.78. The van der Waals surface area contributed by atoms with Gasteiger partial charge in [-0.15, -0.1) is 0 Å². The summed E-state index contributed by atoms with van der Waals surface area (Å²) in [6, 6.07) is 0. The second-order valence-corrected chi connectivity index (χ2v) is 3.26. The van der Waals surface area contributed by atoms with Gasteiger partial charge in [-0.2, -0.15) is 8.42 Å². The van der Waals surface area contributed by atoms with Gasteiger partial charge in [0.25, 0.3) is 10.1 Å². The predicted octanol–water partition coefficient (Wildman–Crippen LogP) is -1.59. The molecule has 0 aromatic rings. The topological polar surface area (TPSA) is 146 Å². The summed E-state index contributed by atoms with van der Waals surface area (Å²) in [4.78, 5) is 0. The van der Waals surface area contributed by atoms with Crippen LogP contribution in [-0.2, 0) is 21.5 Å². The molecule has 0 rings (SSSR count). The lowest BCUT2D eigenvalue weighted by Crippen LogP contribution is -1.97. The summed E-state index contributed by atoms with van der Waals surface area (Å²) < 4.78 is 51.0. The van der Waals surface area contributed by atoms with Crippen molar-refractivity contribution in [2.75, 3.05) is 5.75 Å². The SMILES string of the molecule is CCS(=O)(=O)O.O.O=S([O-])O. The van der Waals surface area contributed by atoms with Crippen molar-refractivity contribution in [1.82, 2.24) is 0 Å². The molecule has 72 valence electrons. The normalized spacial score (nSPS) is 12.0.